The zero-order valence-corrected chi connectivity index (χ0v) is 13.2. The van der Waals surface area contributed by atoms with E-state index in [9.17, 15) is 13.2 Å². The number of methoxy groups -OCH3 is 2. The first-order valence-corrected chi connectivity index (χ1v) is 7.59. The van der Waals surface area contributed by atoms with Crippen molar-refractivity contribution in [1.82, 2.24) is 8.61 Å². The van der Waals surface area contributed by atoms with Crippen LogP contribution in [0.3, 0.4) is 0 Å². The lowest BCUT2D eigenvalue weighted by molar-refractivity contribution is -0.137. The standard InChI is InChI=1S/C11H24N2O6S/c1-10(9-19-4)13(7-8-18-3)20(16,17)12(2)6-5-11(14)15/h10H,5-9H2,1-4H3,(H,14,15). The highest BCUT2D eigenvalue weighted by Gasteiger charge is 2.30. The molecule has 0 saturated carbocycles. The third-order valence-electron chi connectivity index (χ3n) is 2.75. The zero-order valence-electron chi connectivity index (χ0n) is 12.4. The Hall–Kier alpha value is -0.740. The van der Waals surface area contributed by atoms with Crippen LogP contribution in [0.25, 0.3) is 0 Å². The Labute approximate surface area is 120 Å². The van der Waals surface area contributed by atoms with Gasteiger partial charge in [0.1, 0.15) is 0 Å². The quantitative estimate of drug-likeness (QED) is 0.559. The molecule has 20 heavy (non-hydrogen) atoms. The van der Waals surface area contributed by atoms with Gasteiger partial charge in [-0.15, -0.1) is 0 Å². The largest absolute Gasteiger partial charge is 0.481 e. The molecule has 0 amide bonds. The minimum atomic E-state index is -3.75. The van der Waals surface area contributed by atoms with Crippen molar-refractivity contribution < 1.29 is 27.8 Å². The van der Waals surface area contributed by atoms with E-state index in [4.69, 9.17) is 14.6 Å². The fourth-order valence-corrected chi connectivity index (χ4v) is 3.12. The van der Waals surface area contributed by atoms with Crippen LogP contribution in [0.5, 0.6) is 0 Å². The number of nitrogens with zero attached hydrogens (tertiary/aromatic N) is 2. The lowest BCUT2D eigenvalue weighted by atomic mass is 10.3. The Morgan fingerprint density at radius 3 is 2.30 bits per heavy atom. The van der Waals surface area contributed by atoms with Crippen molar-refractivity contribution in [3.05, 3.63) is 0 Å². The normalized spacial score (nSPS) is 13.9. The molecular weight excluding hydrogens is 288 g/mol. The molecule has 9 heteroatoms. The molecule has 0 spiro atoms. The Kier molecular flexibility index (Phi) is 8.90. The summed E-state index contributed by atoms with van der Waals surface area (Å²) in [6, 6.07) is -0.368. The van der Waals surface area contributed by atoms with Crippen LogP contribution >= 0.6 is 0 Å². The minimum absolute atomic E-state index is 0.0825. The number of hydrogen-bond acceptors (Lipinski definition) is 5. The van der Waals surface area contributed by atoms with Gasteiger partial charge in [-0.25, -0.2) is 0 Å². The van der Waals surface area contributed by atoms with Gasteiger partial charge in [0.25, 0.3) is 10.2 Å². The van der Waals surface area contributed by atoms with Gasteiger partial charge in [0.15, 0.2) is 0 Å². The number of rotatable bonds is 11. The smallest absolute Gasteiger partial charge is 0.304 e. The Balaban J connectivity index is 4.95. The molecule has 0 aliphatic rings. The van der Waals surface area contributed by atoms with Crippen LogP contribution in [0.15, 0.2) is 0 Å². The highest BCUT2D eigenvalue weighted by molar-refractivity contribution is 7.86. The molecule has 0 aromatic rings. The van der Waals surface area contributed by atoms with Gasteiger partial charge in [-0.1, -0.05) is 0 Å². The second kappa shape index (κ2) is 9.24. The summed E-state index contributed by atoms with van der Waals surface area (Å²) in [4.78, 5) is 10.5. The van der Waals surface area contributed by atoms with E-state index in [-0.39, 0.29) is 38.8 Å². The molecule has 8 nitrogen and oxygen atoms in total. The van der Waals surface area contributed by atoms with Crippen LogP contribution in [0.1, 0.15) is 13.3 Å². The van der Waals surface area contributed by atoms with E-state index < -0.39 is 16.2 Å². The van der Waals surface area contributed by atoms with Crippen molar-refractivity contribution in [3.8, 4) is 0 Å². The maximum absolute atomic E-state index is 12.4. The molecule has 1 atom stereocenters. The van der Waals surface area contributed by atoms with Gasteiger partial charge in [0, 0.05) is 40.4 Å². The molecule has 120 valence electrons. The average molecular weight is 312 g/mol. The third-order valence-corrected chi connectivity index (χ3v) is 4.85. The summed E-state index contributed by atoms with van der Waals surface area (Å²) >= 11 is 0. The number of carboxylic acids is 1. The first-order chi connectivity index (χ1) is 9.27. The summed E-state index contributed by atoms with van der Waals surface area (Å²) in [5.74, 6) is -1.04. The molecule has 0 saturated heterocycles. The molecule has 0 rings (SSSR count). The molecular formula is C11H24N2O6S. The van der Waals surface area contributed by atoms with Gasteiger partial charge >= 0.3 is 5.97 Å². The molecule has 1 N–H and O–H groups in total. The van der Waals surface area contributed by atoms with Crippen molar-refractivity contribution >= 4 is 16.2 Å². The SMILES string of the molecule is COCCN(C(C)COC)S(=O)(=O)N(C)CCC(=O)O. The molecule has 0 aromatic carbocycles. The molecule has 0 bridgehead atoms. The van der Waals surface area contributed by atoms with Gasteiger partial charge in [-0.2, -0.15) is 17.0 Å². The second-order valence-electron chi connectivity index (χ2n) is 4.38. The lowest BCUT2D eigenvalue weighted by Gasteiger charge is -2.31. The van der Waals surface area contributed by atoms with Crippen LogP contribution < -0.4 is 0 Å². The summed E-state index contributed by atoms with van der Waals surface area (Å²) in [5, 5.41) is 8.63. The van der Waals surface area contributed by atoms with E-state index in [2.05, 4.69) is 0 Å². The molecule has 0 aliphatic heterocycles. The van der Waals surface area contributed by atoms with Crippen LogP contribution in [0.4, 0.5) is 0 Å². The predicted molar refractivity (Wildman–Crippen MR) is 73.7 cm³/mol. The maximum atomic E-state index is 12.4. The van der Waals surface area contributed by atoms with Crippen LogP contribution in [-0.4, -0.2) is 81.7 Å². The van der Waals surface area contributed by atoms with Crippen LogP contribution in [0, 0.1) is 0 Å². The molecule has 0 heterocycles. The average Bonchev–Trinajstić information content (AvgIpc) is 2.36. The van der Waals surface area contributed by atoms with Crippen molar-refractivity contribution in [3.63, 3.8) is 0 Å². The predicted octanol–water partition coefficient (Wildman–Crippen LogP) is -0.379. The number of hydrogen-bond donors (Lipinski definition) is 1. The summed E-state index contributed by atoms with van der Waals surface area (Å²) in [5.41, 5.74) is 0. The van der Waals surface area contributed by atoms with E-state index in [1.807, 2.05) is 0 Å². The van der Waals surface area contributed by atoms with Gasteiger partial charge in [-0.3, -0.25) is 4.79 Å². The highest BCUT2D eigenvalue weighted by Crippen LogP contribution is 2.12. The molecule has 0 aromatic heterocycles. The monoisotopic (exact) mass is 312 g/mol. The lowest BCUT2D eigenvalue weighted by Crippen LogP contribution is -2.49. The number of ether oxygens (including phenoxy) is 2. The number of carbonyl (C=O) groups is 1. The van der Waals surface area contributed by atoms with E-state index >= 15 is 0 Å². The van der Waals surface area contributed by atoms with Gasteiger partial charge in [0.2, 0.25) is 0 Å². The Bertz CT molecular complexity index is 386. The van der Waals surface area contributed by atoms with E-state index in [0.717, 1.165) is 4.31 Å². The summed E-state index contributed by atoms with van der Waals surface area (Å²) in [6.45, 7) is 2.32. The van der Waals surface area contributed by atoms with Gasteiger partial charge in [-0.05, 0) is 6.92 Å². The van der Waals surface area contributed by atoms with E-state index in [1.165, 1.54) is 25.6 Å². The zero-order chi connectivity index (χ0) is 15.8. The van der Waals surface area contributed by atoms with Crippen molar-refractivity contribution in [2.24, 2.45) is 0 Å². The first kappa shape index (κ1) is 19.3. The summed E-state index contributed by atoms with van der Waals surface area (Å²) in [6.07, 6.45) is -0.244. The molecule has 0 fully saturated rings. The Morgan fingerprint density at radius 1 is 1.25 bits per heavy atom. The number of carboxylic acid groups (broad SMARTS) is 1. The minimum Gasteiger partial charge on any atom is -0.481 e. The topological polar surface area (TPSA) is 96.4 Å². The van der Waals surface area contributed by atoms with E-state index in [0.29, 0.717) is 0 Å². The summed E-state index contributed by atoms with van der Waals surface area (Å²) in [7, 11) is 0.590. The van der Waals surface area contributed by atoms with E-state index in [1.54, 1.807) is 6.92 Å². The highest BCUT2D eigenvalue weighted by atomic mass is 32.2. The number of aliphatic carboxylic acids is 1. The molecule has 1 unspecified atom stereocenters. The fraction of sp³-hybridized carbons (Fsp3) is 0.909. The van der Waals surface area contributed by atoms with Crippen molar-refractivity contribution in [1.29, 1.82) is 0 Å². The van der Waals surface area contributed by atoms with Crippen LogP contribution in [0.2, 0.25) is 0 Å². The van der Waals surface area contributed by atoms with Crippen molar-refractivity contribution in [2.45, 2.75) is 19.4 Å². The van der Waals surface area contributed by atoms with Gasteiger partial charge < -0.3 is 14.6 Å². The second-order valence-corrected chi connectivity index (χ2v) is 6.37. The molecule has 0 radical (unpaired) electrons. The van der Waals surface area contributed by atoms with Crippen molar-refractivity contribution in [2.75, 3.05) is 47.6 Å². The maximum Gasteiger partial charge on any atom is 0.304 e. The fourth-order valence-electron chi connectivity index (χ4n) is 1.62. The molecule has 0 aliphatic carbocycles. The van der Waals surface area contributed by atoms with Crippen LogP contribution in [-0.2, 0) is 24.5 Å². The Morgan fingerprint density at radius 2 is 1.85 bits per heavy atom. The van der Waals surface area contributed by atoms with Gasteiger partial charge in [0.05, 0.1) is 19.6 Å². The summed E-state index contributed by atoms with van der Waals surface area (Å²) < 4.78 is 37.0. The first-order valence-electron chi connectivity index (χ1n) is 6.20. The third kappa shape index (κ3) is 6.14.